The van der Waals surface area contributed by atoms with Gasteiger partial charge in [-0.1, -0.05) is 22.9 Å². The Labute approximate surface area is 154 Å². The highest BCUT2D eigenvalue weighted by Crippen LogP contribution is 2.61. The number of carbonyl (C=O) groups is 1. The summed E-state index contributed by atoms with van der Waals surface area (Å²) in [5, 5.41) is 10.9. The molecule has 1 heterocycles. The Bertz CT molecular complexity index is 519. The lowest BCUT2D eigenvalue weighted by Crippen LogP contribution is -2.52. The van der Waals surface area contributed by atoms with E-state index in [0.717, 1.165) is 43.6 Å². The van der Waals surface area contributed by atoms with Crippen LogP contribution in [0.1, 0.15) is 58.8 Å². The van der Waals surface area contributed by atoms with Crippen LogP contribution in [-0.2, 0) is 9.53 Å². The van der Waals surface area contributed by atoms with Crippen molar-refractivity contribution < 1.29 is 14.6 Å². The molecule has 4 heteroatoms. The minimum Gasteiger partial charge on any atom is -0.390 e. The van der Waals surface area contributed by atoms with Crippen molar-refractivity contribution >= 4 is 21.7 Å². The molecule has 0 bridgehead atoms. The molecule has 1 N–H and O–H groups in total. The summed E-state index contributed by atoms with van der Waals surface area (Å²) in [5.74, 6) is 3.79. The van der Waals surface area contributed by atoms with E-state index < -0.39 is 5.60 Å². The number of aliphatic hydroxyl groups is 1. The van der Waals surface area contributed by atoms with Crippen LogP contribution in [0.2, 0.25) is 0 Å². The molecule has 3 aliphatic carbocycles. The fourth-order valence-electron chi connectivity index (χ4n) is 6.99. The molecule has 3 nitrogen and oxygen atoms in total. The lowest BCUT2D eigenvalue weighted by molar-refractivity contribution is -0.132. The van der Waals surface area contributed by atoms with Crippen LogP contribution in [0, 0.1) is 35.0 Å². The van der Waals surface area contributed by atoms with Gasteiger partial charge in [0.25, 0.3) is 0 Å². The van der Waals surface area contributed by atoms with Gasteiger partial charge in [-0.05, 0) is 81.5 Å². The average Bonchev–Trinajstić information content (AvgIpc) is 2.90. The van der Waals surface area contributed by atoms with Crippen molar-refractivity contribution in [3.8, 4) is 0 Å². The van der Waals surface area contributed by atoms with Gasteiger partial charge in [-0.3, -0.25) is 4.79 Å². The maximum Gasteiger partial charge on any atom is 0.172 e. The minimum absolute atomic E-state index is 0.0407. The van der Waals surface area contributed by atoms with E-state index in [1.807, 2.05) is 6.92 Å². The molecule has 0 radical (unpaired) electrons. The third-order valence-corrected chi connectivity index (χ3v) is 8.69. The first-order valence-corrected chi connectivity index (χ1v) is 10.9. The van der Waals surface area contributed by atoms with Crippen molar-refractivity contribution in [1.82, 2.24) is 0 Å². The van der Waals surface area contributed by atoms with Crippen LogP contribution in [0.5, 0.6) is 0 Å². The zero-order valence-electron chi connectivity index (χ0n) is 15.0. The number of carbonyl (C=O) groups excluding carboxylic acids is 1. The van der Waals surface area contributed by atoms with E-state index in [1.54, 1.807) is 0 Å². The largest absolute Gasteiger partial charge is 0.390 e. The van der Waals surface area contributed by atoms with Crippen LogP contribution in [-0.4, -0.2) is 34.5 Å². The van der Waals surface area contributed by atoms with Crippen LogP contribution < -0.4 is 0 Å². The smallest absolute Gasteiger partial charge is 0.172 e. The zero-order valence-corrected chi connectivity index (χ0v) is 16.6. The van der Waals surface area contributed by atoms with E-state index in [2.05, 4.69) is 22.9 Å². The molecule has 0 spiro atoms. The fourth-order valence-corrected chi connectivity index (χ4v) is 7.28. The molecule has 0 amide bonds. The molecular formula is C20H31BrO3. The van der Waals surface area contributed by atoms with E-state index in [1.165, 1.54) is 25.7 Å². The molecule has 0 aromatic heterocycles. The Balaban J connectivity index is 1.54. The molecule has 0 aromatic rings. The number of hydrogen-bond acceptors (Lipinski definition) is 3. The predicted molar refractivity (Wildman–Crippen MR) is 97.0 cm³/mol. The van der Waals surface area contributed by atoms with E-state index in [0.29, 0.717) is 17.2 Å². The summed E-state index contributed by atoms with van der Waals surface area (Å²) in [6, 6.07) is 0. The number of rotatable bonds is 2. The van der Waals surface area contributed by atoms with Crippen LogP contribution in [0.3, 0.4) is 0 Å². The average molecular weight is 399 g/mol. The van der Waals surface area contributed by atoms with Gasteiger partial charge in [-0.2, -0.15) is 0 Å². The third-order valence-electron chi connectivity index (χ3n) is 8.14. The first kappa shape index (κ1) is 17.5. The number of fused-ring (bicyclic) bond motifs is 5. The summed E-state index contributed by atoms with van der Waals surface area (Å²) in [7, 11) is 0. The number of hydrogen-bond donors (Lipinski definition) is 1. The number of halogens is 1. The Morgan fingerprint density at radius 3 is 2.62 bits per heavy atom. The topological polar surface area (TPSA) is 46.5 Å². The van der Waals surface area contributed by atoms with Gasteiger partial charge in [0, 0.05) is 5.41 Å². The molecule has 0 unspecified atom stereocenters. The van der Waals surface area contributed by atoms with Gasteiger partial charge in [-0.25, -0.2) is 0 Å². The predicted octanol–water partition coefficient (Wildman–Crippen LogP) is 3.96. The van der Waals surface area contributed by atoms with Gasteiger partial charge in [0.05, 0.1) is 17.5 Å². The van der Waals surface area contributed by atoms with Gasteiger partial charge in [0.2, 0.25) is 0 Å². The van der Waals surface area contributed by atoms with Gasteiger partial charge >= 0.3 is 0 Å². The van der Waals surface area contributed by atoms with Crippen molar-refractivity contribution in [3.63, 3.8) is 0 Å². The second kappa shape index (κ2) is 6.06. The molecular weight excluding hydrogens is 368 g/mol. The molecule has 1 aliphatic heterocycles. The molecule has 1 saturated heterocycles. The molecule has 136 valence electrons. The summed E-state index contributed by atoms with van der Waals surface area (Å²) in [5.41, 5.74) is -0.403. The second-order valence-electron chi connectivity index (χ2n) is 9.53. The Hall–Kier alpha value is 0.0700. The Morgan fingerprint density at radius 2 is 1.88 bits per heavy atom. The van der Waals surface area contributed by atoms with Gasteiger partial charge in [0.15, 0.2) is 5.78 Å². The summed E-state index contributed by atoms with van der Waals surface area (Å²) in [6.07, 6.45) is 7.83. The molecule has 24 heavy (non-hydrogen) atoms. The number of ether oxygens (including phenoxy) is 1. The number of ketones is 1. The van der Waals surface area contributed by atoms with Gasteiger partial charge in [0.1, 0.15) is 6.10 Å². The van der Waals surface area contributed by atoms with Gasteiger partial charge < -0.3 is 9.84 Å². The molecule has 4 rings (SSSR count). The quantitative estimate of drug-likeness (QED) is 0.715. The van der Waals surface area contributed by atoms with Crippen LogP contribution >= 0.6 is 15.9 Å². The van der Waals surface area contributed by atoms with E-state index in [-0.39, 0.29) is 17.3 Å². The van der Waals surface area contributed by atoms with Gasteiger partial charge in [-0.15, -0.1) is 0 Å². The Kier molecular flexibility index (Phi) is 4.41. The highest BCUT2D eigenvalue weighted by Gasteiger charge is 2.59. The molecule has 4 aliphatic rings. The van der Waals surface area contributed by atoms with Crippen molar-refractivity contribution in [1.29, 1.82) is 0 Å². The summed E-state index contributed by atoms with van der Waals surface area (Å²) < 4.78 is 6.05. The van der Waals surface area contributed by atoms with E-state index in [4.69, 9.17) is 4.74 Å². The standard InChI is InChI=1S/C20H31BrO3/c1-19(23)7-5-13-12(9-19)3-4-15-14(13)6-8-20(2)16(15)11-24-18(20)17(22)10-21/h12-16,18,23H,3-11H2,1-2H3/t12-,13+,14-,15-,16+,18-,19-,20+/m1/s1. The summed E-state index contributed by atoms with van der Waals surface area (Å²) in [4.78, 5) is 12.3. The van der Waals surface area contributed by atoms with Crippen molar-refractivity contribution in [2.24, 2.45) is 35.0 Å². The lowest BCUT2D eigenvalue weighted by Gasteiger charge is -2.56. The highest BCUT2D eigenvalue weighted by atomic mass is 79.9. The second-order valence-corrected chi connectivity index (χ2v) is 10.1. The first-order chi connectivity index (χ1) is 11.4. The van der Waals surface area contributed by atoms with Crippen molar-refractivity contribution in [2.45, 2.75) is 70.5 Å². The lowest BCUT2D eigenvalue weighted by atomic mass is 9.49. The SMILES string of the molecule is C[C@@]1(O)CC[C@H]2[C@H](CC[C@@H]3[C@@H]2CC[C@]2(C)[C@@H](C(=O)CBr)OC[C@@H]32)C1. The number of alkyl halides is 1. The molecule has 3 saturated carbocycles. The molecule has 4 fully saturated rings. The minimum atomic E-state index is -0.443. The maximum atomic E-state index is 12.3. The van der Waals surface area contributed by atoms with Crippen LogP contribution in [0.4, 0.5) is 0 Å². The fraction of sp³-hybridized carbons (Fsp3) is 0.950. The van der Waals surface area contributed by atoms with E-state index in [9.17, 15) is 9.90 Å². The van der Waals surface area contributed by atoms with Crippen LogP contribution in [0.25, 0.3) is 0 Å². The maximum absolute atomic E-state index is 12.3. The molecule has 0 aromatic carbocycles. The monoisotopic (exact) mass is 398 g/mol. The zero-order chi connectivity index (χ0) is 17.1. The Morgan fingerprint density at radius 1 is 1.12 bits per heavy atom. The van der Waals surface area contributed by atoms with Crippen molar-refractivity contribution in [3.05, 3.63) is 0 Å². The number of Topliss-reactive ketones (excluding diaryl/α,β-unsaturated/α-hetero) is 1. The highest BCUT2D eigenvalue weighted by molar-refractivity contribution is 9.09. The summed E-state index contributed by atoms with van der Waals surface area (Å²) >= 11 is 3.34. The molecule has 8 atom stereocenters. The van der Waals surface area contributed by atoms with Crippen LogP contribution in [0.15, 0.2) is 0 Å². The summed E-state index contributed by atoms with van der Waals surface area (Å²) in [6.45, 7) is 5.11. The third kappa shape index (κ3) is 2.63. The normalized spacial score (nSPS) is 53.8. The first-order valence-electron chi connectivity index (χ1n) is 9.78. The van der Waals surface area contributed by atoms with E-state index >= 15 is 0 Å². The van der Waals surface area contributed by atoms with Crippen molar-refractivity contribution in [2.75, 3.05) is 11.9 Å².